The molecule has 94 valence electrons. The van der Waals surface area contributed by atoms with E-state index in [2.05, 4.69) is 0 Å². The summed E-state index contributed by atoms with van der Waals surface area (Å²) in [5, 5.41) is 27.7. The Bertz CT molecular complexity index is 527. The molecule has 3 N–H and O–H groups in total. The number of benzene rings is 2. The molecule has 0 aliphatic heterocycles. The van der Waals surface area contributed by atoms with E-state index in [0.717, 1.165) is 5.56 Å². The normalized spacial score (nSPS) is 10.2. The largest absolute Gasteiger partial charge is 0.508 e. The molecule has 0 atom stereocenters. The van der Waals surface area contributed by atoms with E-state index in [1.165, 1.54) is 6.07 Å². The van der Waals surface area contributed by atoms with Crippen LogP contribution >= 0.6 is 12.4 Å². The molecule has 0 saturated carbocycles. The van der Waals surface area contributed by atoms with Gasteiger partial charge in [0.1, 0.15) is 17.2 Å². The van der Waals surface area contributed by atoms with Crippen molar-refractivity contribution in [3.8, 4) is 17.2 Å². The van der Waals surface area contributed by atoms with Gasteiger partial charge in [0.15, 0.2) is 0 Å². The van der Waals surface area contributed by atoms with Crippen molar-refractivity contribution >= 4 is 24.6 Å². The van der Waals surface area contributed by atoms with E-state index in [1.807, 2.05) is 6.08 Å². The Kier molecular flexibility index (Phi) is 4.63. The van der Waals surface area contributed by atoms with Crippen LogP contribution in [0.15, 0.2) is 42.5 Å². The van der Waals surface area contributed by atoms with E-state index in [4.69, 9.17) is 5.11 Å². The van der Waals surface area contributed by atoms with Crippen molar-refractivity contribution in [3.63, 3.8) is 0 Å². The lowest BCUT2D eigenvalue weighted by atomic mass is 10.1. The monoisotopic (exact) mass is 264 g/mol. The van der Waals surface area contributed by atoms with Gasteiger partial charge in [-0.3, -0.25) is 0 Å². The molecular weight excluding hydrogens is 252 g/mol. The number of phenols is 3. The molecule has 0 spiro atoms. The smallest absolute Gasteiger partial charge is 0.119 e. The first-order valence-corrected chi connectivity index (χ1v) is 5.13. The average molecular weight is 265 g/mol. The average Bonchev–Trinajstić information content (AvgIpc) is 2.27. The van der Waals surface area contributed by atoms with Gasteiger partial charge in [0.25, 0.3) is 0 Å². The Morgan fingerprint density at radius 3 is 1.67 bits per heavy atom. The van der Waals surface area contributed by atoms with Crippen molar-refractivity contribution in [1.29, 1.82) is 0 Å². The number of rotatable bonds is 2. The first-order valence-electron chi connectivity index (χ1n) is 5.13. The minimum Gasteiger partial charge on any atom is -0.508 e. The minimum absolute atomic E-state index is 0. The fourth-order valence-corrected chi connectivity index (χ4v) is 1.49. The van der Waals surface area contributed by atoms with Crippen molar-refractivity contribution in [2.45, 2.75) is 0 Å². The van der Waals surface area contributed by atoms with Gasteiger partial charge in [-0.25, -0.2) is 0 Å². The van der Waals surface area contributed by atoms with Crippen molar-refractivity contribution in [2.24, 2.45) is 0 Å². The van der Waals surface area contributed by atoms with Crippen molar-refractivity contribution in [1.82, 2.24) is 0 Å². The standard InChI is InChI=1S/C14H12O3.ClH/c15-12-5-3-10(4-6-12)1-2-11-7-13(16)9-14(17)8-11;/h1-9,15-17H;1H. The number of halogens is 1. The Morgan fingerprint density at radius 1 is 0.611 bits per heavy atom. The maximum Gasteiger partial charge on any atom is 0.119 e. The SMILES string of the molecule is Cl.Oc1ccc(C=Cc2cc(O)cc(O)c2)cc1. The summed E-state index contributed by atoms with van der Waals surface area (Å²) >= 11 is 0. The Morgan fingerprint density at radius 2 is 1.11 bits per heavy atom. The molecule has 0 saturated heterocycles. The third-order valence-corrected chi connectivity index (χ3v) is 2.29. The number of hydrogen-bond acceptors (Lipinski definition) is 3. The molecule has 0 unspecified atom stereocenters. The number of phenolic OH excluding ortho intramolecular Hbond substituents is 3. The van der Waals surface area contributed by atoms with Crippen LogP contribution in [0.1, 0.15) is 11.1 Å². The van der Waals surface area contributed by atoms with E-state index in [0.29, 0.717) is 5.56 Å². The quantitative estimate of drug-likeness (QED) is 0.729. The molecule has 0 aromatic heterocycles. The Hall–Kier alpha value is -2.13. The molecule has 2 aromatic rings. The predicted molar refractivity (Wildman–Crippen MR) is 74.1 cm³/mol. The lowest BCUT2D eigenvalue weighted by molar-refractivity contribution is 0.450. The Balaban J connectivity index is 0.00000162. The van der Waals surface area contributed by atoms with Gasteiger partial charge in [-0.1, -0.05) is 24.3 Å². The third kappa shape index (κ3) is 3.71. The summed E-state index contributed by atoms with van der Waals surface area (Å²) in [7, 11) is 0. The molecule has 18 heavy (non-hydrogen) atoms. The molecular formula is C14H13ClO3. The van der Waals surface area contributed by atoms with Crippen molar-refractivity contribution < 1.29 is 15.3 Å². The van der Waals surface area contributed by atoms with E-state index >= 15 is 0 Å². The van der Waals surface area contributed by atoms with E-state index in [1.54, 1.807) is 42.5 Å². The highest BCUT2D eigenvalue weighted by atomic mass is 35.5. The summed E-state index contributed by atoms with van der Waals surface area (Å²) in [6.45, 7) is 0. The topological polar surface area (TPSA) is 60.7 Å². The summed E-state index contributed by atoms with van der Waals surface area (Å²) in [5.41, 5.74) is 1.63. The Labute approximate surface area is 111 Å². The molecule has 0 aliphatic rings. The second-order valence-corrected chi connectivity index (χ2v) is 3.71. The summed E-state index contributed by atoms with van der Waals surface area (Å²) in [6.07, 6.45) is 3.60. The fraction of sp³-hybridized carbons (Fsp3) is 0. The summed E-state index contributed by atoms with van der Waals surface area (Å²) < 4.78 is 0. The van der Waals surface area contributed by atoms with Gasteiger partial charge in [0.2, 0.25) is 0 Å². The van der Waals surface area contributed by atoms with Crippen molar-refractivity contribution in [2.75, 3.05) is 0 Å². The highest BCUT2D eigenvalue weighted by Crippen LogP contribution is 2.22. The van der Waals surface area contributed by atoms with Gasteiger partial charge in [0.05, 0.1) is 0 Å². The van der Waals surface area contributed by atoms with Gasteiger partial charge in [-0.2, -0.15) is 0 Å². The highest BCUT2D eigenvalue weighted by molar-refractivity contribution is 5.85. The third-order valence-electron chi connectivity index (χ3n) is 2.29. The van der Waals surface area contributed by atoms with Gasteiger partial charge in [0, 0.05) is 6.07 Å². The van der Waals surface area contributed by atoms with Crippen LogP contribution in [0.3, 0.4) is 0 Å². The lowest BCUT2D eigenvalue weighted by Crippen LogP contribution is -1.74. The maximum absolute atomic E-state index is 9.30. The second-order valence-electron chi connectivity index (χ2n) is 3.71. The first kappa shape index (κ1) is 13.9. The van der Waals surface area contributed by atoms with Crippen LogP contribution in [0.2, 0.25) is 0 Å². The van der Waals surface area contributed by atoms with Crippen LogP contribution in [-0.2, 0) is 0 Å². The molecule has 3 nitrogen and oxygen atoms in total. The zero-order valence-electron chi connectivity index (χ0n) is 9.45. The van der Waals surface area contributed by atoms with Crippen LogP contribution in [0.25, 0.3) is 12.2 Å². The zero-order chi connectivity index (χ0) is 12.3. The van der Waals surface area contributed by atoms with E-state index in [9.17, 15) is 10.2 Å². The molecule has 0 heterocycles. The molecule has 0 radical (unpaired) electrons. The molecule has 0 aliphatic carbocycles. The van der Waals surface area contributed by atoms with Gasteiger partial charge >= 0.3 is 0 Å². The van der Waals surface area contributed by atoms with Crippen LogP contribution in [0.4, 0.5) is 0 Å². The molecule has 0 amide bonds. The second kappa shape index (κ2) is 5.98. The van der Waals surface area contributed by atoms with Gasteiger partial charge in [-0.05, 0) is 35.4 Å². The molecule has 0 fully saturated rings. The van der Waals surface area contributed by atoms with Crippen LogP contribution in [0, 0.1) is 0 Å². The predicted octanol–water partition coefficient (Wildman–Crippen LogP) is 3.40. The summed E-state index contributed by atoms with van der Waals surface area (Å²) in [4.78, 5) is 0. The maximum atomic E-state index is 9.30. The van der Waals surface area contributed by atoms with E-state index in [-0.39, 0.29) is 29.7 Å². The van der Waals surface area contributed by atoms with Crippen LogP contribution in [0.5, 0.6) is 17.2 Å². The van der Waals surface area contributed by atoms with Crippen molar-refractivity contribution in [3.05, 3.63) is 53.6 Å². The van der Waals surface area contributed by atoms with E-state index < -0.39 is 0 Å². The van der Waals surface area contributed by atoms with Gasteiger partial charge in [-0.15, -0.1) is 12.4 Å². The summed E-state index contributed by atoms with van der Waals surface area (Å²) in [6, 6.07) is 11.1. The molecule has 0 bridgehead atoms. The fourth-order valence-electron chi connectivity index (χ4n) is 1.49. The highest BCUT2D eigenvalue weighted by Gasteiger charge is 1.95. The van der Waals surface area contributed by atoms with Crippen LogP contribution < -0.4 is 0 Å². The molecule has 2 aromatic carbocycles. The summed E-state index contributed by atoms with van der Waals surface area (Å²) in [5.74, 6) is 0.267. The van der Waals surface area contributed by atoms with Gasteiger partial charge < -0.3 is 15.3 Å². The lowest BCUT2D eigenvalue weighted by Gasteiger charge is -1.98. The molecule has 2 rings (SSSR count). The number of hydrogen-bond donors (Lipinski definition) is 3. The minimum atomic E-state index is 0. The molecule has 4 heteroatoms. The zero-order valence-corrected chi connectivity index (χ0v) is 10.3. The van der Waals surface area contributed by atoms with Crippen LogP contribution in [-0.4, -0.2) is 15.3 Å². The first-order chi connectivity index (χ1) is 8.13. The number of aromatic hydroxyl groups is 3.